The minimum atomic E-state index is 0.268. The fourth-order valence-electron chi connectivity index (χ4n) is 4.37. The Balaban J connectivity index is 1.62. The summed E-state index contributed by atoms with van der Waals surface area (Å²) < 4.78 is 8.28. The summed E-state index contributed by atoms with van der Waals surface area (Å²) in [6.07, 6.45) is 1.73. The molecule has 6 heteroatoms. The zero-order valence-electron chi connectivity index (χ0n) is 19.7. The van der Waals surface area contributed by atoms with Crippen molar-refractivity contribution in [3.8, 4) is 34.2 Å². The molecule has 0 radical (unpaired) electrons. The van der Waals surface area contributed by atoms with Gasteiger partial charge in [-0.3, -0.25) is 0 Å². The Bertz CT molecular complexity index is 1620. The van der Waals surface area contributed by atoms with E-state index >= 15 is 0 Å². The van der Waals surface area contributed by atoms with Crippen LogP contribution in [0.2, 0.25) is 10.0 Å². The van der Waals surface area contributed by atoms with Gasteiger partial charge < -0.3 is 8.98 Å². The van der Waals surface area contributed by atoms with Gasteiger partial charge in [-0.25, -0.2) is 4.99 Å². The number of rotatable bonds is 5. The van der Waals surface area contributed by atoms with E-state index in [9.17, 15) is 5.26 Å². The molecule has 0 aliphatic carbocycles. The topological polar surface area (TPSA) is 54.2 Å². The van der Waals surface area contributed by atoms with E-state index in [-0.39, 0.29) is 5.88 Å². The first kappa shape index (κ1) is 23.7. The molecule has 0 atom stereocenters. The van der Waals surface area contributed by atoms with Crippen LogP contribution in [0.5, 0.6) is 0 Å². The highest BCUT2D eigenvalue weighted by atomic mass is 35.5. The molecule has 176 valence electrons. The summed E-state index contributed by atoms with van der Waals surface area (Å²) in [4.78, 5) is 4.64. The Kier molecular flexibility index (Phi) is 6.52. The van der Waals surface area contributed by atoms with Gasteiger partial charge in [0.1, 0.15) is 17.4 Å². The van der Waals surface area contributed by atoms with Crippen LogP contribution in [0, 0.1) is 25.2 Å². The highest BCUT2D eigenvalue weighted by Gasteiger charge is 2.23. The predicted molar refractivity (Wildman–Crippen MR) is 147 cm³/mol. The Morgan fingerprint density at radius 1 is 0.889 bits per heavy atom. The van der Waals surface area contributed by atoms with Gasteiger partial charge in [0.05, 0.1) is 10.7 Å². The van der Waals surface area contributed by atoms with E-state index in [1.54, 1.807) is 12.3 Å². The first-order valence-corrected chi connectivity index (χ1v) is 12.1. The van der Waals surface area contributed by atoms with E-state index in [1.807, 2.05) is 92.7 Å². The number of nitriles is 1. The Labute approximate surface area is 219 Å². The van der Waals surface area contributed by atoms with E-state index in [1.165, 1.54) is 0 Å². The van der Waals surface area contributed by atoms with Gasteiger partial charge in [-0.15, -0.1) is 0 Å². The second-order valence-corrected chi connectivity index (χ2v) is 9.19. The number of aliphatic imine (C=N–C) groups is 1. The fraction of sp³-hybridized carbons (Fsp3) is 0.0667. The monoisotopic (exact) mass is 509 g/mol. The van der Waals surface area contributed by atoms with Crippen molar-refractivity contribution in [2.45, 2.75) is 13.8 Å². The molecule has 0 saturated carbocycles. The number of hydrogen-bond acceptors (Lipinski definition) is 3. The normalized spacial score (nSPS) is 11.2. The number of aromatic nitrogens is 1. The van der Waals surface area contributed by atoms with Gasteiger partial charge in [0.25, 0.3) is 0 Å². The van der Waals surface area contributed by atoms with Gasteiger partial charge >= 0.3 is 0 Å². The quantitative estimate of drug-likeness (QED) is 0.222. The first-order valence-electron chi connectivity index (χ1n) is 11.3. The van der Waals surface area contributed by atoms with E-state index in [4.69, 9.17) is 27.6 Å². The summed E-state index contributed by atoms with van der Waals surface area (Å²) in [7, 11) is 0. The third-order valence-electron chi connectivity index (χ3n) is 6.04. The SMILES string of the molecule is Cc1cc(C=Nc2oc(-c3ccccc3)c(-c3ccccc3)c2C#N)c(C)n1-c1ccc(Cl)cc1Cl. The van der Waals surface area contributed by atoms with Crippen LogP contribution in [0.1, 0.15) is 22.5 Å². The minimum absolute atomic E-state index is 0.268. The van der Waals surface area contributed by atoms with Gasteiger partial charge in [0, 0.05) is 39.3 Å². The zero-order chi connectivity index (χ0) is 25.2. The molecule has 5 rings (SSSR count). The smallest absolute Gasteiger partial charge is 0.238 e. The van der Waals surface area contributed by atoms with Crippen LogP contribution in [0.4, 0.5) is 5.88 Å². The zero-order valence-corrected chi connectivity index (χ0v) is 21.2. The lowest BCUT2D eigenvalue weighted by Crippen LogP contribution is -2.00. The number of halogens is 2. The van der Waals surface area contributed by atoms with E-state index in [0.717, 1.165) is 39.3 Å². The van der Waals surface area contributed by atoms with Crippen LogP contribution in [-0.2, 0) is 0 Å². The molecule has 0 aliphatic heterocycles. The number of furan rings is 1. The lowest BCUT2D eigenvalue weighted by Gasteiger charge is -2.11. The number of nitrogens with zero attached hydrogens (tertiary/aromatic N) is 3. The molecule has 2 aromatic heterocycles. The van der Waals surface area contributed by atoms with Crippen molar-refractivity contribution in [2.75, 3.05) is 0 Å². The molecule has 0 N–H and O–H groups in total. The van der Waals surface area contributed by atoms with Crippen molar-refractivity contribution in [1.82, 2.24) is 4.57 Å². The lowest BCUT2D eigenvalue weighted by molar-refractivity contribution is 0.593. The molecule has 0 aliphatic rings. The molecule has 36 heavy (non-hydrogen) atoms. The molecule has 0 saturated heterocycles. The highest BCUT2D eigenvalue weighted by molar-refractivity contribution is 6.35. The third kappa shape index (κ3) is 4.35. The van der Waals surface area contributed by atoms with Crippen molar-refractivity contribution in [3.05, 3.63) is 117 Å². The summed E-state index contributed by atoms with van der Waals surface area (Å²) in [5.74, 6) is 0.883. The third-order valence-corrected chi connectivity index (χ3v) is 6.58. The second kappa shape index (κ2) is 9.91. The fourth-order valence-corrected chi connectivity index (χ4v) is 4.86. The molecule has 0 fully saturated rings. The molecule has 4 nitrogen and oxygen atoms in total. The Morgan fingerprint density at radius 2 is 1.56 bits per heavy atom. The van der Waals surface area contributed by atoms with Crippen molar-refractivity contribution in [3.63, 3.8) is 0 Å². The van der Waals surface area contributed by atoms with Gasteiger partial charge in [-0.05, 0) is 43.7 Å². The van der Waals surface area contributed by atoms with Crippen LogP contribution in [-0.4, -0.2) is 10.8 Å². The van der Waals surface area contributed by atoms with Crippen molar-refractivity contribution in [1.29, 1.82) is 5.26 Å². The summed E-state index contributed by atoms with van der Waals surface area (Å²) >= 11 is 12.6. The Hall–Kier alpha value is -4.04. The average Bonchev–Trinajstić information content (AvgIpc) is 3.40. The van der Waals surface area contributed by atoms with Crippen molar-refractivity contribution in [2.24, 2.45) is 4.99 Å². The largest absolute Gasteiger partial charge is 0.436 e. The van der Waals surface area contributed by atoms with Crippen LogP contribution in [0.25, 0.3) is 28.1 Å². The predicted octanol–water partition coefficient (Wildman–Crippen LogP) is 8.95. The molecule has 2 heterocycles. The molecular formula is C30H21Cl2N3O. The number of hydrogen-bond donors (Lipinski definition) is 0. The first-order chi connectivity index (χ1) is 17.5. The number of benzene rings is 3. The van der Waals surface area contributed by atoms with E-state index in [2.05, 4.69) is 15.6 Å². The molecular weight excluding hydrogens is 489 g/mol. The van der Waals surface area contributed by atoms with Gasteiger partial charge in [0.2, 0.25) is 5.88 Å². The van der Waals surface area contributed by atoms with Crippen molar-refractivity contribution >= 4 is 35.3 Å². The van der Waals surface area contributed by atoms with Crippen LogP contribution < -0.4 is 0 Å². The van der Waals surface area contributed by atoms with Crippen molar-refractivity contribution < 1.29 is 4.42 Å². The van der Waals surface area contributed by atoms with Crippen LogP contribution in [0.15, 0.2) is 94.3 Å². The second-order valence-electron chi connectivity index (χ2n) is 8.35. The Morgan fingerprint density at radius 3 is 2.19 bits per heavy atom. The maximum absolute atomic E-state index is 10.1. The summed E-state index contributed by atoms with van der Waals surface area (Å²) in [6, 6.07) is 29.3. The molecule has 0 spiro atoms. The summed E-state index contributed by atoms with van der Waals surface area (Å²) in [5.41, 5.74) is 6.58. The lowest BCUT2D eigenvalue weighted by atomic mass is 9.98. The van der Waals surface area contributed by atoms with E-state index < -0.39 is 0 Å². The summed E-state index contributed by atoms with van der Waals surface area (Å²) in [5, 5.41) is 11.3. The maximum Gasteiger partial charge on any atom is 0.238 e. The molecule has 5 aromatic rings. The van der Waals surface area contributed by atoms with Gasteiger partial charge in [-0.2, -0.15) is 5.26 Å². The van der Waals surface area contributed by atoms with Gasteiger partial charge in [-0.1, -0.05) is 83.9 Å². The molecule has 0 bridgehead atoms. The number of aryl methyl sites for hydroxylation is 1. The van der Waals surface area contributed by atoms with Crippen LogP contribution in [0.3, 0.4) is 0 Å². The molecule has 0 amide bonds. The standard InChI is InChI=1S/C30H21Cl2N3O/c1-19-15-23(20(2)35(19)27-14-13-24(31)16-26(27)32)18-34-30-25(17-33)28(21-9-5-3-6-10-21)29(36-30)22-11-7-4-8-12-22/h3-16,18H,1-2H3. The highest BCUT2D eigenvalue weighted by Crippen LogP contribution is 2.42. The summed E-state index contributed by atoms with van der Waals surface area (Å²) in [6.45, 7) is 4.00. The van der Waals surface area contributed by atoms with Crippen LogP contribution >= 0.6 is 23.2 Å². The minimum Gasteiger partial charge on any atom is -0.436 e. The van der Waals surface area contributed by atoms with Gasteiger partial charge in [0.15, 0.2) is 0 Å². The molecule has 0 unspecified atom stereocenters. The maximum atomic E-state index is 10.1. The average molecular weight is 510 g/mol. The van der Waals surface area contributed by atoms with E-state index in [0.29, 0.717) is 21.4 Å². The molecule has 3 aromatic carbocycles.